The first-order chi connectivity index (χ1) is 8.29. The molecular formula is C12H17N5. The number of imidazole rings is 1. The monoisotopic (exact) mass is 231 g/mol. The summed E-state index contributed by atoms with van der Waals surface area (Å²) in [6.07, 6.45) is 9.57. The summed E-state index contributed by atoms with van der Waals surface area (Å²) in [5, 5.41) is 3.09. The van der Waals surface area contributed by atoms with Crippen molar-refractivity contribution in [3.8, 4) is 0 Å². The van der Waals surface area contributed by atoms with Crippen LogP contribution in [0.15, 0.2) is 18.6 Å². The first-order valence-corrected chi connectivity index (χ1v) is 6.04. The maximum atomic E-state index is 4.63. The summed E-state index contributed by atoms with van der Waals surface area (Å²) in [5.74, 6) is 1.84. The lowest BCUT2D eigenvalue weighted by Gasteiger charge is -2.35. The average molecular weight is 231 g/mol. The summed E-state index contributed by atoms with van der Waals surface area (Å²) < 4.78 is 2.02. The Morgan fingerprint density at radius 3 is 2.94 bits per heavy atom. The minimum absolute atomic E-state index is 0.620. The Hall–Kier alpha value is -1.78. The summed E-state index contributed by atoms with van der Waals surface area (Å²) in [4.78, 5) is 11.3. The van der Waals surface area contributed by atoms with Gasteiger partial charge in [0.1, 0.15) is 5.82 Å². The average Bonchev–Trinajstić information content (AvgIpc) is 2.72. The maximum Gasteiger partial charge on any atom is 0.180 e. The van der Waals surface area contributed by atoms with Gasteiger partial charge in [-0.15, -0.1) is 0 Å². The third-order valence-electron chi connectivity index (χ3n) is 3.57. The Kier molecular flexibility index (Phi) is 2.39. The second kappa shape index (κ2) is 3.91. The predicted octanol–water partition coefficient (Wildman–Crippen LogP) is 1.76. The molecule has 0 spiro atoms. The molecule has 5 heteroatoms. The summed E-state index contributed by atoms with van der Waals surface area (Å²) in [5.41, 5.74) is 0.929. The number of rotatable bonds is 3. The molecule has 17 heavy (non-hydrogen) atoms. The molecule has 0 atom stereocenters. The quantitative estimate of drug-likeness (QED) is 0.874. The second-order valence-electron chi connectivity index (χ2n) is 4.55. The standard InChI is InChI=1S/C12H17N5/c1-13-10-8-17-7-6-14-11(17)12(15-10)16(2)9-4-3-5-9/h6-9,13H,3-5H2,1-2H3. The molecule has 5 nitrogen and oxygen atoms in total. The maximum absolute atomic E-state index is 4.63. The van der Waals surface area contributed by atoms with E-state index in [-0.39, 0.29) is 0 Å². The van der Waals surface area contributed by atoms with Gasteiger partial charge in [0.05, 0.1) is 6.20 Å². The van der Waals surface area contributed by atoms with E-state index in [1.807, 2.05) is 30.0 Å². The molecule has 2 aromatic rings. The Bertz CT molecular complexity index is 529. The van der Waals surface area contributed by atoms with Crippen LogP contribution in [0.2, 0.25) is 0 Å². The van der Waals surface area contributed by atoms with Crippen LogP contribution >= 0.6 is 0 Å². The van der Waals surface area contributed by atoms with Gasteiger partial charge in [-0.05, 0) is 19.3 Å². The van der Waals surface area contributed by atoms with E-state index in [9.17, 15) is 0 Å². The van der Waals surface area contributed by atoms with Crippen molar-refractivity contribution in [2.75, 3.05) is 24.3 Å². The highest BCUT2D eigenvalue weighted by Crippen LogP contribution is 2.29. The van der Waals surface area contributed by atoms with Gasteiger partial charge in [0.25, 0.3) is 0 Å². The van der Waals surface area contributed by atoms with Crippen molar-refractivity contribution in [1.29, 1.82) is 0 Å². The van der Waals surface area contributed by atoms with Crippen LogP contribution in [0.3, 0.4) is 0 Å². The lowest BCUT2D eigenvalue weighted by atomic mass is 9.92. The lowest BCUT2D eigenvalue weighted by Crippen LogP contribution is -2.38. The van der Waals surface area contributed by atoms with Crippen LogP contribution in [0.4, 0.5) is 11.6 Å². The van der Waals surface area contributed by atoms with Crippen molar-refractivity contribution in [3.05, 3.63) is 18.6 Å². The SMILES string of the molecule is CNc1cn2ccnc2c(N(C)C2CCC2)n1. The highest BCUT2D eigenvalue weighted by Gasteiger charge is 2.25. The van der Waals surface area contributed by atoms with Crippen molar-refractivity contribution in [2.24, 2.45) is 0 Å². The number of fused-ring (bicyclic) bond motifs is 1. The van der Waals surface area contributed by atoms with Crippen molar-refractivity contribution < 1.29 is 0 Å². The smallest absolute Gasteiger partial charge is 0.180 e. The molecule has 90 valence electrons. The number of nitrogens with zero attached hydrogens (tertiary/aromatic N) is 4. The number of hydrogen-bond acceptors (Lipinski definition) is 4. The zero-order valence-electron chi connectivity index (χ0n) is 10.2. The van der Waals surface area contributed by atoms with Crippen molar-refractivity contribution in [3.63, 3.8) is 0 Å². The minimum Gasteiger partial charge on any atom is -0.372 e. The topological polar surface area (TPSA) is 45.5 Å². The van der Waals surface area contributed by atoms with E-state index in [1.165, 1.54) is 19.3 Å². The van der Waals surface area contributed by atoms with Crippen LogP contribution in [0.25, 0.3) is 5.65 Å². The lowest BCUT2D eigenvalue weighted by molar-refractivity contribution is 0.399. The van der Waals surface area contributed by atoms with Gasteiger partial charge < -0.3 is 14.6 Å². The number of nitrogens with one attached hydrogen (secondary N) is 1. The molecule has 0 aliphatic heterocycles. The Balaban J connectivity index is 2.08. The van der Waals surface area contributed by atoms with Gasteiger partial charge in [0.15, 0.2) is 11.5 Å². The molecule has 0 unspecified atom stereocenters. The molecule has 1 aliphatic rings. The molecule has 1 N–H and O–H groups in total. The molecule has 1 aliphatic carbocycles. The van der Waals surface area contributed by atoms with Crippen molar-refractivity contribution in [1.82, 2.24) is 14.4 Å². The molecule has 0 aromatic carbocycles. The molecule has 1 fully saturated rings. The van der Waals surface area contributed by atoms with Crippen molar-refractivity contribution >= 4 is 17.3 Å². The summed E-state index contributed by atoms with van der Waals surface area (Å²) in [7, 11) is 4.00. The molecule has 2 aromatic heterocycles. The zero-order chi connectivity index (χ0) is 11.8. The van der Waals surface area contributed by atoms with E-state index >= 15 is 0 Å². The first-order valence-electron chi connectivity index (χ1n) is 6.04. The number of hydrogen-bond donors (Lipinski definition) is 1. The van der Waals surface area contributed by atoms with Gasteiger partial charge in [0.2, 0.25) is 0 Å². The first kappa shape index (κ1) is 10.4. The van der Waals surface area contributed by atoms with Crippen LogP contribution in [-0.4, -0.2) is 34.5 Å². The predicted molar refractivity (Wildman–Crippen MR) is 68.6 cm³/mol. The highest BCUT2D eigenvalue weighted by molar-refractivity contribution is 5.67. The summed E-state index contributed by atoms with van der Waals surface area (Å²) in [6, 6.07) is 0.620. The fourth-order valence-electron chi connectivity index (χ4n) is 2.22. The van der Waals surface area contributed by atoms with Crippen LogP contribution in [-0.2, 0) is 0 Å². The van der Waals surface area contributed by atoms with E-state index in [2.05, 4.69) is 27.2 Å². The van der Waals surface area contributed by atoms with Crippen LogP contribution < -0.4 is 10.2 Å². The van der Waals surface area contributed by atoms with Gasteiger partial charge in [-0.25, -0.2) is 9.97 Å². The van der Waals surface area contributed by atoms with Crippen LogP contribution in [0.5, 0.6) is 0 Å². The largest absolute Gasteiger partial charge is 0.372 e. The van der Waals surface area contributed by atoms with E-state index < -0.39 is 0 Å². The molecule has 0 amide bonds. The van der Waals surface area contributed by atoms with Gasteiger partial charge in [-0.1, -0.05) is 0 Å². The van der Waals surface area contributed by atoms with Crippen molar-refractivity contribution in [2.45, 2.75) is 25.3 Å². The Morgan fingerprint density at radius 1 is 1.47 bits per heavy atom. The van der Waals surface area contributed by atoms with E-state index in [0.717, 1.165) is 17.3 Å². The van der Waals surface area contributed by atoms with Gasteiger partial charge in [-0.2, -0.15) is 0 Å². The molecule has 3 rings (SSSR count). The summed E-state index contributed by atoms with van der Waals surface area (Å²) >= 11 is 0. The molecule has 1 saturated carbocycles. The molecular weight excluding hydrogens is 214 g/mol. The van der Waals surface area contributed by atoms with Crippen LogP contribution in [0.1, 0.15) is 19.3 Å². The fraction of sp³-hybridized carbons (Fsp3) is 0.500. The van der Waals surface area contributed by atoms with E-state index in [0.29, 0.717) is 6.04 Å². The normalized spacial score (nSPS) is 15.9. The van der Waals surface area contributed by atoms with Crippen LogP contribution in [0, 0.1) is 0 Å². The number of anilines is 2. The minimum atomic E-state index is 0.620. The fourth-order valence-corrected chi connectivity index (χ4v) is 2.22. The molecule has 2 heterocycles. The summed E-state index contributed by atoms with van der Waals surface area (Å²) in [6.45, 7) is 0. The van der Waals surface area contributed by atoms with Gasteiger partial charge in [-0.3, -0.25) is 0 Å². The van der Waals surface area contributed by atoms with E-state index in [4.69, 9.17) is 0 Å². The molecule has 0 saturated heterocycles. The molecule has 0 bridgehead atoms. The molecule has 0 radical (unpaired) electrons. The Morgan fingerprint density at radius 2 is 2.29 bits per heavy atom. The van der Waals surface area contributed by atoms with Gasteiger partial charge in [0, 0.05) is 32.5 Å². The van der Waals surface area contributed by atoms with E-state index in [1.54, 1.807) is 0 Å². The highest BCUT2D eigenvalue weighted by atomic mass is 15.2. The zero-order valence-corrected chi connectivity index (χ0v) is 10.2. The second-order valence-corrected chi connectivity index (χ2v) is 4.55. The third kappa shape index (κ3) is 1.62. The number of aromatic nitrogens is 3. The Labute approximate surface area is 100 Å². The van der Waals surface area contributed by atoms with Gasteiger partial charge >= 0.3 is 0 Å². The third-order valence-corrected chi connectivity index (χ3v) is 3.57.